The fourth-order valence-electron chi connectivity index (χ4n) is 3.26. The molecule has 0 saturated heterocycles. The van der Waals surface area contributed by atoms with Gasteiger partial charge in [0.15, 0.2) is 0 Å². The van der Waals surface area contributed by atoms with Crippen LogP contribution in [-0.4, -0.2) is 5.91 Å². The van der Waals surface area contributed by atoms with Crippen molar-refractivity contribution >= 4 is 54.6 Å². The van der Waals surface area contributed by atoms with Crippen molar-refractivity contribution < 1.29 is 4.79 Å². The van der Waals surface area contributed by atoms with Gasteiger partial charge in [-0.25, -0.2) is 0 Å². The Balaban J connectivity index is 1.47. The van der Waals surface area contributed by atoms with Crippen LogP contribution in [-0.2, 0) is 6.54 Å². The third-order valence-corrected chi connectivity index (χ3v) is 6.57. The summed E-state index contributed by atoms with van der Waals surface area (Å²) in [5, 5.41) is 7.53. The lowest BCUT2D eigenvalue weighted by atomic mass is 10.1. The van der Waals surface area contributed by atoms with E-state index in [1.54, 1.807) is 12.1 Å². The summed E-state index contributed by atoms with van der Waals surface area (Å²) in [4.78, 5) is 13.3. The zero-order chi connectivity index (χ0) is 21.1. The average Bonchev–Trinajstić information content (AvgIpc) is 3.17. The molecule has 1 unspecified atom stereocenters. The standard InChI is InChI=1S/C24H22BrN3OS/c1-15(27-14-16-5-4-6-19(25)11-16)17-9-10-18-13-23(30-22(18)12-17)24(29)28-21-8-3-2-7-20(21)26/h2-13,15,27H,14,26H2,1H3,(H,28,29). The van der Waals surface area contributed by atoms with Crippen molar-refractivity contribution in [3.05, 3.63) is 93.3 Å². The molecule has 1 heterocycles. The maximum atomic E-state index is 12.7. The first-order valence-corrected chi connectivity index (χ1v) is 11.3. The van der Waals surface area contributed by atoms with Crippen LogP contribution in [0.25, 0.3) is 10.1 Å². The number of hydrogen-bond donors (Lipinski definition) is 3. The Hall–Kier alpha value is -2.67. The molecule has 4 rings (SSSR count). The number of halogens is 1. The van der Waals surface area contributed by atoms with E-state index in [0.717, 1.165) is 21.1 Å². The minimum absolute atomic E-state index is 0.142. The molecule has 0 saturated carbocycles. The Labute approximate surface area is 188 Å². The largest absolute Gasteiger partial charge is 0.397 e. The zero-order valence-electron chi connectivity index (χ0n) is 16.5. The van der Waals surface area contributed by atoms with Crippen molar-refractivity contribution in [3.63, 3.8) is 0 Å². The van der Waals surface area contributed by atoms with Gasteiger partial charge in [0.25, 0.3) is 5.91 Å². The highest BCUT2D eigenvalue weighted by Crippen LogP contribution is 2.30. The highest BCUT2D eigenvalue weighted by atomic mass is 79.9. The smallest absolute Gasteiger partial charge is 0.265 e. The van der Waals surface area contributed by atoms with E-state index >= 15 is 0 Å². The first kappa shape index (κ1) is 20.6. The van der Waals surface area contributed by atoms with E-state index in [0.29, 0.717) is 16.3 Å². The van der Waals surface area contributed by atoms with Gasteiger partial charge in [-0.05, 0) is 59.8 Å². The monoisotopic (exact) mass is 479 g/mol. The number of nitrogen functional groups attached to an aromatic ring is 1. The molecular weight excluding hydrogens is 458 g/mol. The summed E-state index contributed by atoms with van der Waals surface area (Å²) in [6.07, 6.45) is 0. The van der Waals surface area contributed by atoms with E-state index in [1.807, 2.05) is 30.3 Å². The third-order valence-electron chi connectivity index (χ3n) is 4.98. The Morgan fingerprint density at radius 3 is 2.70 bits per heavy atom. The molecule has 0 radical (unpaired) electrons. The SMILES string of the molecule is CC(NCc1cccc(Br)c1)c1ccc2cc(C(=O)Nc3ccccc3N)sc2c1. The second kappa shape index (κ2) is 9.00. The van der Waals surface area contributed by atoms with Gasteiger partial charge in [-0.2, -0.15) is 0 Å². The third kappa shape index (κ3) is 4.73. The predicted molar refractivity (Wildman–Crippen MR) is 130 cm³/mol. The maximum absolute atomic E-state index is 12.7. The summed E-state index contributed by atoms with van der Waals surface area (Å²) in [6.45, 7) is 2.94. The minimum atomic E-state index is -0.142. The number of para-hydroxylation sites is 2. The number of fused-ring (bicyclic) bond motifs is 1. The van der Waals surface area contributed by atoms with Crippen LogP contribution < -0.4 is 16.4 Å². The summed E-state index contributed by atoms with van der Waals surface area (Å²) in [6, 6.07) is 24.0. The van der Waals surface area contributed by atoms with Crippen molar-refractivity contribution in [3.8, 4) is 0 Å². The number of nitrogens with two attached hydrogens (primary N) is 1. The number of hydrogen-bond acceptors (Lipinski definition) is 4. The first-order valence-electron chi connectivity index (χ1n) is 9.67. The number of amides is 1. The van der Waals surface area contributed by atoms with Gasteiger partial charge in [0.2, 0.25) is 0 Å². The lowest BCUT2D eigenvalue weighted by molar-refractivity contribution is 0.103. The summed E-state index contributed by atoms with van der Waals surface area (Å²) in [5.41, 5.74) is 9.54. The van der Waals surface area contributed by atoms with Gasteiger partial charge < -0.3 is 16.4 Å². The lowest BCUT2D eigenvalue weighted by Crippen LogP contribution is -2.17. The van der Waals surface area contributed by atoms with Gasteiger partial charge in [-0.3, -0.25) is 4.79 Å². The van der Waals surface area contributed by atoms with Crippen molar-refractivity contribution in [2.45, 2.75) is 19.5 Å². The van der Waals surface area contributed by atoms with E-state index in [1.165, 1.54) is 22.5 Å². The molecule has 0 aliphatic rings. The van der Waals surface area contributed by atoms with Crippen LogP contribution in [0.5, 0.6) is 0 Å². The molecule has 0 fully saturated rings. The van der Waals surface area contributed by atoms with Crippen molar-refractivity contribution in [2.24, 2.45) is 0 Å². The van der Waals surface area contributed by atoms with Gasteiger partial charge in [0.1, 0.15) is 0 Å². The van der Waals surface area contributed by atoms with Gasteiger partial charge in [0.05, 0.1) is 16.3 Å². The molecule has 0 aliphatic heterocycles. The number of carbonyl (C=O) groups is 1. The molecule has 30 heavy (non-hydrogen) atoms. The number of carbonyl (C=O) groups excluding carboxylic acids is 1. The lowest BCUT2D eigenvalue weighted by Gasteiger charge is -2.14. The zero-order valence-corrected chi connectivity index (χ0v) is 18.9. The molecular formula is C24H22BrN3OS. The molecule has 1 aromatic heterocycles. The summed E-state index contributed by atoms with van der Waals surface area (Å²) in [5.74, 6) is -0.142. The Kier molecular flexibility index (Phi) is 6.18. The number of thiophene rings is 1. The molecule has 152 valence electrons. The normalized spacial score (nSPS) is 12.1. The highest BCUT2D eigenvalue weighted by molar-refractivity contribution is 9.10. The molecule has 3 aromatic carbocycles. The van der Waals surface area contributed by atoms with Crippen LogP contribution in [0.1, 0.15) is 33.8 Å². The van der Waals surface area contributed by atoms with E-state index < -0.39 is 0 Å². The van der Waals surface area contributed by atoms with Gasteiger partial charge >= 0.3 is 0 Å². The van der Waals surface area contributed by atoms with Crippen LogP contribution in [0.2, 0.25) is 0 Å². The fraction of sp³-hybridized carbons (Fsp3) is 0.125. The molecule has 1 amide bonds. The molecule has 0 bridgehead atoms. The number of rotatable bonds is 6. The van der Waals surface area contributed by atoms with Crippen molar-refractivity contribution in [2.75, 3.05) is 11.1 Å². The molecule has 4 aromatic rings. The fourth-order valence-corrected chi connectivity index (χ4v) is 4.71. The van der Waals surface area contributed by atoms with Crippen LogP contribution in [0.3, 0.4) is 0 Å². The Morgan fingerprint density at radius 1 is 1.07 bits per heavy atom. The van der Waals surface area contributed by atoms with E-state index in [4.69, 9.17) is 5.73 Å². The van der Waals surface area contributed by atoms with E-state index in [2.05, 4.69) is 63.8 Å². The quantitative estimate of drug-likeness (QED) is 0.282. The number of nitrogens with one attached hydrogen (secondary N) is 2. The van der Waals surface area contributed by atoms with Crippen LogP contribution >= 0.6 is 27.3 Å². The van der Waals surface area contributed by atoms with E-state index in [9.17, 15) is 4.79 Å². The Bertz CT molecular complexity index is 1200. The van der Waals surface area contributed by atoms with Crippen molar-refractivity contribution in [1.29, 1.82) is 0 Å². The molecule has 6 heteroatoms. The van der Waals surface area contributed by atoms with Gasteiger partial charge in [-0.1, -0.05) is 52.3 Å². The Morgan fingerprint density at radius 2 is 1.90 bits per heavy atom. The molecule has 4 nitrogen and oxygen atoms in total. The van der Waals surface area contributed by atoms with Crippen LogP contribution in [0.15, 0.2) is 77.3 Å². The predicted octanol–water partition coefficient (Wildman–Crippen LogP) is 6.35. The number of benzene rings is 3. The maximum Gasteiger partial charge on any atom is 0.265 e. The molecule has 0 aliphatic carbocycles. The van der Waals surface area contributed by atoms with Crippen LogP contribution in [0.4, 0.5) is 11.4 Å². The minimum Gasteiger partial charge on any atom is -0.397 e. The summed E-state index contributed by atoms with van der Waals surface area (Å²) < 4.78 is 2.17. The summed E-state index contributed by atoms with van der Waals surface area (Å²) >= 11 is 5.01. The second-order valence-corrected chi connectivity index (χ2v) is 9.18. The van der Waals surface area contributed by atoms with Gasteiger partial charge in [-0.15, -0.1) is 11.3 Å². The summed E-state index contributed by atoms with van der Waals surface area (Å²) in [7, 11) is 0. The second-order valence-electron chi connectivity index (χ2n) is 7.18. The van der Waals surface area contributed by atoms with E-state index in [-0.39, 0.29) is 11.9 Å². The molecule has 0 spiro atoms. The topological polar surface area (TPSA) is 67.2 Å². The highest BCUT2D eigenvalue weighted by Gasteiger charge is 2.13. The molecule has 4 N–H and O–H groups in total. The van der Waals surface area contributed by atoms with Crippen molar-refractivity contribution in [1.82, 2.24) is 5.32 Å². The molecule has 1 atom stereocenters. The van der Waals surface area contributed by atoms with Gasteiger partial charge in [0, 0.05) is 21.8 Å². The van der Waals surface area contributed by atoms with Crippen LogP contribution in [0, 0.1) is 0 Å². The number of anilines is 2. The average molecular weight is 480 g/mol. The first-order chi connectivity index (χ1) is 14.5.